The van der Waals surface area contributed by atoms with Gasteiger partial charge in [-0.3, -0.25) is 4.79 Å². The minimum Gasteiger partial charge on any atom is -0.394 e. The SMILES string of the molecule is CC.Cc1cn2cc(N)c(=O)cc2[nH]1. The summed E-state index contributed by atoms with van der Waals surface area (Å²) in [6.07, 6.45) is 3.49. The van der Waals surface area contributed by atoms with E-state index in [1.807, 2.05) is 27.0 Å². The molecule has 3 N–H and O–H groups in total. The van der Waals surface area contributed by atoms with Crippen LogP contribution in [0.2, 0.25) is 0 Å². The number of hydrogen-bond acceptors (Lipinski definition) is 2. The van der Waals surface area contributed by atoms with Crippen LogP contribution >= 0.6 is 0 Å². The monoisotopic (exact) mass is 193 g/mol. The summed E-state index contributed by atoms with van der Waals surface area (Å²) >= 11 is 0. The van der Waals surface area contributed by atoms with Crippen molar-refractivity contribution in [3.8, 4) is 0 Å². The third kappa shape index (κ3) is 1.79. The molecule has 0 amide bonds. The van der Waals surface area contributed by atoms with Crippen molar-refractivity contribution in [2.24, 2.45) is 0 Å². The van der Waals surface area contributed by atoms with Crippen LogP contribution < -0.4 is 11.2 Å². The number of nitrogen functional groups attached to an aromatic ring is 1. The highest BCUT2D eigenvalue weighted by molar-refractivity contribution is 5.47. The number of aromatic amines is 1. The molecule has 2 heterocycles. The number of nitrogens with one attached hydrogen (secondary N) is 1. The van der Waals surface area contributed by atoms with Crippen molar-refractivity contribution in [2.45, 2.75) is 20.8 Å². The summed E-state index contributed by atoms with van der Waals surface area (Å²) in [4.78, 5) is 14.1. The number of nitrogens with zero attached hydrogens (tertiary/aromatic N) is 1. The summed E-state index contributed by atoms with van der Waals surface area (Å²) in [5, 5.41) is 0. The van der Waals surface area contributed by atoms with Gasteiger partial charge >= 0.3 is 0 Å². The Morgan fingerprint density at radius 3 is 2.64 bits per heavy atom. The molecule has 4 nitrogen and oxygen atoms in total. The number of aromatic nitrogens is 2. The minimum atomic E-state index is -0.142. The summed E-state index contributed by atoms with van der Waals surface area (Å²) < 4.78 is 1.80. The number of aryl methyl sites for hydroxylation is 1. The predicted molar refractivity (Wildman–Crippen MR) is 58.5 cm³/mol. The molecule has 76 valence electrons. The highest BCUT2D eigenvalue weighted by Crippen LogP contribution is 2.03. The lowest BCUT2D eigenvalue weighted by Crippen LogP contribution is -2.07. The average molecular weight is 193 g/mol. The van der Waals surface area contributed by atoms with Crippen LogP contribution in [-0.4, -0.2) is 9.38 Å². The van der Waals surface area contributed by atoms with Crippen molar-refractivity contribution in [3.63, 3.8) is 0 Å². The van der Waals surface area contributed by atoms with Crippen LogP contribution in [0.5, 0.6) is 0 Å². The molecular formula is C10H15N3O. The van der Waals surface area contributed by atoms with Gasteiger partial charge in [-0.1, -0.05) is 13.8 Å². The van der Waals surface area contributed by atoms with Crippen molar-refractivity contribution in [3.05, 3.63) is 34.4 Å². The third-order valence-electron chi connectivity index (χ3n) is 1.77. The Morgan fingerprint density at radius 1 is 1.36 bits per heavy atom. The smallest absolute Gasteiger partial charge is 0.206 e. The van der Waals surface area contributed by atoms with E-state index >= 15 is 0 Å². The van der Waals surface area contributed by atoms with Gasteiger partial charge in [-0.25, -0.2) is 0 Å². The molecule has 2 aromatic rings. The van der Waals surface area contributed by atoms with E-state index in [-0.39, 0.29) is 11.1 Å². The number of imidazole rings is 1. The third-order valence-corrected chi connectivity index (χ3v) is 1.77. The van der Waals surface area contributed by atoms with Crippen LogP contribution in [0.1, 0.15) is 19.5 Å². The topological polar surface area (TPSA) is 63.3 Å². The molecule has 0 bridgehead atoms. The summed E-state index contributed by atoms with van der Waals surface area (Å²) in [7, 11) is 0. The first-order chi connectivity index (χ1) is 6.66. The number of nitrogens with two attached hydrogens (primary N) is 1. The van der Waals surface area contributed by atoms with Crippen LogP contribution in [0.3, 0.4) is 0 Å². The van der Waals surface area contributed by atoms with Crippen molar-refractivity contribution < 1.29 is 0 Å². The van der Waals surface area contributed by atoms with Crippen molar-refractivity contribution >= 4 is 11.3 Å². The molecule has 2 aromatic heterocycles. The Hall–Kier alpha value is -1.71. The molecule has 0 aliphatic rings. The van der Waals surface area contributed by atoms with E-state index in [0.29, 0.717) is 0 Å². The fourth-order valence-corrected chi connectivity index (χ4v) is 1.22. The van der Waals surface area contributed by atoms with Crippen LogP contribution in [0.25, 0.3) is 5.65 Å². The van der Waals surface area contributed by atoms with Gasteiger partial charge in [0.05, 0.1) is 5.69 Å². The second-order valence-electron chi connectivity index (χ2n) is 2.82. The standard InChI is InChI=1S/C8H9N3O.C2H6/c1-5-3-11-4-6(9)7(12)2-8(11)10-5;1-2/h2-4,10H,9H2,1H3;1-2H3. The van der Waals surface area contributed by atoms with Crippen molar-refractivity contribution in [2.75, 3.05) is 5.73 Å². The lowest BCUT2D eigenvalue weighted by atomic mass is 10.4. The first kappa shape index (κ1) is 10.4. The lowest BCUT2D eigenvalue weighted by Gasteiger charge is -1.93. The number of fused-ring (bicyclic) bond motifs is 1. The Balaban J connectivity index is 0.000000461. The Labute approximate surface area is 82.4 Å². The van der Waals surface area contributed by atoms with Gasteiger partial charge in [0.15, 0.2) is 0 Å². The quantitative estimate of drug-likeness (QED) is 0.666. The summed E-state index contributed by atoms with van der Waals surface area (Å²) in [6.45, 7) is 5.92. The van der Waals surface area contributed by atoms with E-state index in [1.54, 1.807) is 10.6 Å². The molecule has 0 unspecified atom stereocenters. The van der Waals surface area contributed by atoms with Crippen LogP contribution in [0.15, 0.2) is 23.3 Å². The van der Waals surface area contributed by atoms with Gasteiger partial charge in [-0.15, -0.1) is 0 Å². The fourth-order valence-electron chi connectivity index (χ4n) is 1.22. The van der Waals surface area contributed by atoms with Crippen LogP contribution in [0.4, 0.5) is 5.69 Å². The maximum absolute atomic E-state index is 11.1. The molecule has 4 heteroatoms. The molecule has 0 saturated heterocycles. The van der Waals surface area contributed by atoms with Crippen LogP contribution in [0, 0.1) is 6.92 Å². The van der Waals surface area contributed by atoms with Gasteiger partial charge < -0.3 is 15.1 Å². The van der Waals surface area contributed by atoms with E-state index in [1.165, 1.54) is 6.07 Å². The normalized spacial score (nSPS) is 9.64. The maximum atomic E-state index is 11.1. The van der Waals surface area contributed by atoms with Gasteiger partial charge in [0.25, 0.3) is 0 Å². The zero-order valence-corrected chi connectivity index (χ0v) is 8.66. The first-order valence-corrected chi connectivity index (χ1v) is 4.64. The summed E-state index contributed by atoms with van der Waals surface area (Å²) in [5.74, 6) is 0. The first-order valence-electron chi connectivity index (χ1n) is 4.64. The van der Waals surface area contributed by atoms with E-state index < -0.39 is 0 Å². The molecule has 0 aliphatic carbocycles. The highest BCUT2D eigenvalue weighted by atomic mass is 16.1. The Kier molecular flexibility index (Phi) is 2.96. The van der Waals surface area contributed by atoms with E-state index in [2.05, 4.69) is 4.98 Å². The van der Waals surface area contributed by atoms with E-state index in [0.717, 1.165) is 11.3 Å². The number of H-pyrrole nitrogens is 1. The van der Waals surface area contributed by atoms with Crippen LogP contribution in [-0.2, 0) is 0 Å². The molecule has 0 saturated carbocycles. The van der Waals surface area contributed by atoms with Gasteiger partial charge in [-0.2, -0.15) is 0 Å². The van der Waals surface area contributed by atoms with Gasteiger partial charge in [0.2, 0.25) is 5.43 Å². The van der Waals surface area contributed by atoms with Crippen molar-refractivity contribution in [1.82, 2.24) is 9.38 Å². The molecule has 0 aliphatic heterocycles. The van der Waals surface area contributed by atoms with Crippen molar-refractivity contribution in [1.29, 1.82) is 0 Å². The van der Waals surface area contributed by atoms with E-state index in [4.69, 9.17) is 5.73 Å². The number of hydrogen-bond donors (Lipinski definition) is 2. The Morgan fingerprint density at radius 2 is 2.00 bits per heavy atom. The summed E-state index contributed by atoms with van der Waals surface area (Å²) in [5.41, 5.74) is 7.35. The van der Waals surface area contributed by atoms with Gasteiger partial charge in [0, 0.05) is 24.2 Å². The summed E-state index contributed by atoms with van der Waals surface area (Å²) in [6, 6.07) is 1.49. The molecule has 14 heavy (non-hydrogen) atoms. The number of rotatable bonds is 0. The fraction of sp³-hybridized carbons (Fsp3) is 0.300. The Bertz CT molecular complexity index is 482. The second-order valence-corrected chi connectivity index (χ2v) is 2.82. The maximum Gasteiger partial charge on any atom is 0.206 e. The van der Waals surface area contributed by atoms with E-state index in [9.17, 15) is 4.79 Å². The molecule has 0 atom stereocenters. The van der Waals surface area contributed by atoms with Gasteiger partial charge in [-0.05, 0) is 6.92 Å². The molecular weight excluding hydrogens is 178 g/mol. The van der Waals surface area contributed by atoms with Gasteiger partial charge in [0.1, 0.15) is 5.65 Å². The second kappa shape index (κ2) is 4.00. The minimum absolute atomic E-state index is 0.142. The zero-order chi connectivity index (χ0) is 10.7. The number of pyridine rings is 1. The average Bonchev–Trinajstić information content (AvgIpc) is 2.49. The molecule has 0 fully saturated rings. The highest BCUT2D eigenvalue weighted by Gasteiger charge is 1.98. The molecule has 2 rings (SSSR count). The largest absolute Gasteiger partial charge is 0.394 e. The lowest BCUT2D eigenvalue weighted by molar-refractivity contribution is 1.18. The zero-order valence-electron chi connectivity index (χ0n) is 8.66. The molecule has 0 aromatic carbocycles. The molecule has 0 radical (unpaired) electrons. The molecule has 0 spiro atoms. The number of anilines is 1. The predicted octanol–water partition coefficient (Wildman–Crippen LogP) is 1.54.